The van der Waals surface area contributed by atoms with Crippen LogP contribution in [0, 0.1) is 28.6 Å². The number of hydrogen-bond acceptors (Lipinski definition) is 6. The van der Waals surface area contributed by atoms with Crippen molar-refractivity contribution in [2.24, 2.45) is 28.6 Å². The first-order valence-corrected chi connectivity index (χ1v) is 13.6. The van der Waals surface area contributed by atoms with Gasteiger partial charge >= 0.3 is 16.4 Å². The lowest BCUT2D eigenvalue weighted by Crippen LogP contribution is -2.43. The molecule has 1 saturated carbocycles. The molecule has 0 unspecified atom stereocenters. The highest BCUT2D eigenvalue weighted by molar-refractivity contribution is 7.80. The fourth-order valence-electron chi connectivity index (χ4n) is 6.16. The van der Waals surface area contributed by atoms with Gasteiger partial charge in [0.15, 0.2) is 0 Å². The van der Waals surface area contributed by atoms with E-state index in [1.54, 1.807) is 5.57 Å². The van der Waals surface area contributed by atoms with Gasteiger partial charge in [0.25, 0.3) is 0 Å². The summed E-state index contributed by atoms with van der Waals surface area (Å²) < 4.78 is 41.0. The average molecular weight is 485 g/mol. The third-order valence-electron chi connectivity index (χ3n) is 8.56. The van der Waals surface area contributed by atoms with Gasteiger partial charge in [0.1, 0.15) is 0 Å². The molecule has 0 bridgehead atoms. The first-order chi connectivity index (χ1) is 15.3. The van der Waals surface area contributed by atoms with Crippen LogP contribution in [0.15, 0.2) is 23.3 Å². The standard InChI is InChI=1S/C25H40O7S/c1-17-10-11-20-21(9-6-13-24(20,2)3)25(17,4)14-12-18(16-31-33(28,29)30)7-5-8-19-15-22(26)32-23(19)27/h9,15,17-18,20,23,27H,5-8,10-14,16H2,1-4H3,(H,28,29,30)/t17-,18-,20-,23+,25-/m0/s1. The Bertz CT molecular complexity index is 888. The van der Waals surface area contributed by atoms with E-state index in [0.717, 1.165) is 19.3 Å². The highest BCUT2D eigenvalue weighted by Crippen LogP contribution is 2.58. The van der Waals surface area contributed by atoms with Crippen molar-refractivity contribution in [2.75, 3.05) is 6.61 Å². The molecule has 7 nitrogen and oxygen atoms in total. The van der Waals surface area contributed by atoms with Gasteiger partial charge in [0.05, 0.1) is 6.61 Å². The summed E-state index contributed by atoms with van der Waals surface area (Å²) in [5.41, 5.74) is 2.47. The lowest BCUT2D eigenvalue weighted by atomic mass is 9.52. The highest BCUT2D eigenvalue weighted by Gasteiger charge is 2.47. The molecule has 0 spiro atoms. The largest absolute Gasteiger partial charge is 0.429 e. The van der Waals surface area contributed by atoms with Gasteiger partial charge < -0.3 is 9.84 Å². The Kier molecular flexibility index (Phi) is 8.14. The van der Waals surface area contributed by atoms with Crippen LogP contribution in [0.4, 0.5) is 0 Å². The summed E-state index contributed by atoms with van der Waals surface area (Å²) in [7, 11) is -4.51. The molecule has 0 amide bonds. The topological polar surface area (TPSA) is 110 Å². The van der Waals surface area contributed by atoms with Crippen molar-refractivity contribution in [2.45, 2.75) is 91.8 Å². The second kappa shape index (κ2) is 10.2. The molecule has 8 heteroatoms. The minimum absolute atomic E-state index is 0.0569. The maximum Gasteiger partial charge on any atom is 0.397 e. The zero-order valence-electron chi connectivity index (χ0n) is 20.4. The lowest BCUT2D eigenvalue weighted by molar-refractivity contribution is -0.151. The van der Waals surface area contributed by atoms with Crippen molar-refractivity contribution in [3.8, 4) is 0 Å². The average Bonchev–Trinajstić information content (AvgIpc) is 3.03. The SMILES string of the molecule is C[C@H]1CC[C@H]2C(=CCCC2(C)C)[C@@]1(C)CC[C@H](CCCC1=CC(=O)O[C@H]1O)COS(=O)(=O)O. The monoisotopic (exact) mass is 484 g/mol. The summed E-state index contributed by atoms with van der Waals surface area (Å²) in [6.07, 6.45) is 10.8. The molecule has 0 aromatic rings. The van der Waals surface area contributed by atoms with Gasteiger partial charge in [0, 0.05) is 11.6 Å². The molecule has 33 heavy (non-hydrogen) atoms. The number of ether oxygens (including phenoxy) is 1. The smallest absolute Gasteiger partial charge is 0.397 e. The number of carbonyl (C=O) groups excluding carboxylic acids is 1. The van der Waals surface area contributed by atoms with E-state index >= 15 is 0 Å². The van der Waals surface area contributed by atoms with Crippen LogP contribution in [0.25, 0.3) is 0 Å². The van der Waals surface area contributed by atoms with Gasteiger partial charge in [-0.3, -0.25) is 4.55 Å². The van der Waals surface area contributed by atoms with Crippen molar-refractivity contribution in [3.63, 3.8) is 0 Å². The molecular weight excluding hydrogens is 444 g/mol. The third kappa shape index (κ3) is 6.47. The summed E-state index contributed by atoms with van der Waals surface area (Å²) in [5, 5.41) is 9.77. The van der Waals surface area contributed by atoms with Gasteiger partial charge in [0.2, 0.25) is 6.29 Å². The van der Waals surface area contributed by atoms with Crippen LogP contribution in [0.3, 0.4) is 0 Å². The predicted molar refractivity (Wildman–Crippen MR) is 125 cm³/mol. The zero-order chi connectivity index (χ0) is 24.4. The van der Waals surface area contributed by atoms with E-state index < -0.39 is 22.7 Å². The molecule has 5 atom stereocenters. The Balaban J connectivity index is 1.67. The Morgan fingerprint density at radius 1 is 1.24 bits per heavy atom. The summed E-state index contributed by atoms with van der Waals surface area (Å²) in [6.45, 7) is 9.37. The van der Waals surface area contributed by atoms with Gasteiger partial charge in [-0.15, -0.1) is 0 Å². The van der Waals surface area contributed by atoms with Gasteiger partial charge in [-0.25, -0.2) is 8.98 Å². The number of aliphatic hydroxyl groups is 1. The Hall–Kier alpha value is -1.22. The molecule has 1 aliphatic heterocycles. The molecule has 1 heterocycles. The Morgan fingerprint density at radius 2 is 1.97 bits per heavy atom. The van der Waals surface area contributed by atoms with Crippen molar-refractivity contribution in [3.05, 3.63) is 23.3 Å². The van der Waals surface area contributed by atoms with E-state index in [1.165, 1.54) is 25.3 Å². The zero-order valence-corrected chi connectivity index (χ0v) is 21.2. The van der Waals surface area contributed by atoms with Crippen LogP contribution in [0.2, 0.25) is 0 Å². The van der Waals surface area contributed by atoms with Crippen LogP contribution in [-0.4, -0.2) is 36.9 Å². The van der Waals surface area contributed by atoms with Crippen LogP contribution in [0.5, 0.6) is 0 Å². The van der Waals surface area contributed by atoms with E-state index in [2.05, 4.69) is 33.8 Å². The van der Waals surface area contributed by atoms with Gasteiger partial charge in [-0.1, -0.05) is 39.3 Å². The van der Waals surface area contributed by atoms with Crippen LogP contribution in [-0.2, 0) is 24.1 Å². The van der Waals surface area contributed by atoms with Crippen molar-refractivity contribution in [1.82, 2.24) is 0 Å². The van der Waals surface area contributed by atoms with E-state index in [9.17, 15) is 18.3 Å². The Morgan fingerprint density at radius 3 is 2.61 bits per heavy atom. The highest BCUT2D eigenvalue weighted by atomic mass is 32.3. The van der Waals surface area contributed by atoms with Crippen LogP contribution in [0.1, 0.15) is 85.5 Å². The van der Waals surface area contributed by atoms with E-state index in [-0.39, 0.29) is 17.9 Å². The summed E-state index contributed by atoms with van der Waals surface area (Å²) >= 11 is 0. The van der Waals surface area contributed by atoms with Gasteiger partial charge in [-0.05, 0) is 86.4 Å². The molecule has 0 saturated heterocycles. The molecule has 2 N–H and O–H groups in total. The van der Waals surface area contributed by atoms with E-state index in [0.29, 0.717) is 42.1 Å². The minimum atomic E-state index is -4.51. The summed E-state index contributed by atoms with van der Waals surface area (Å²) in [4.78, 5) is 11.3. The lowest BCUT2D eigenvalue weighted by Gasteiger charge is -2.53. The van der Waals surface area contributed by atoms with Gasteiger partial charge in [-0.2, -0.15) is 8.42 Å². The number of aliphatic hydroxyl groups excluding tert-OH is 1. The maximum absolute atomic E-state index is 11.3. The summed E-state index contributed by atoms with van der Waals surface area (Å²) in [5.74, 6) is 0.526. The van der Waals surface area contributed by atoms with Crippen molar-refractivity contribution >= 4 is 16.4 Å². The fourth-order valence-corrected chi connectivity index (χ4v) is 6.52. The summed E-state index contributed by atoms with van der Waals surface area (Å²) in [6, 6.07) is 0. The van der Waals surface area contributed by atoms with E-state index in [4.69, 9.17) is 13.5 Å². The number of fused-ring (bicyclic) bond motifs is 1. The number of carbonyl (C=O) groups is 1. The number of hydrogen-bond donors (Lipinski definition) is 2. The predicted octanol–water partition coefficient (Wildman–Crippen LogP) is 4.97. The number of rotatable bonds is 10. The molecule has 3 rings (SSSR count). The molecule has 1 fully saturated rings. The molecule has 188 valence electrons. The first-order valence-electron chi connectivity index (χ1n) is 12.2. The molecule has 0 radical (unpaired) electrons. The second-order valence-electron chi connectivity index (χ2n) is 11.2. The number of esters is 1. The molecule has 3 aliphatic rings. The van der Waals surface area contributed by atoms with E-state index in [1.807, 2.05) is 0 Å². The quantitative estimate of drug-likeness (QED) is 0.256. The molecule has 2 aliphatic carbocycles. The van der Waals surface area contributed by atoms with Crippen molar-refractivity contribution < 1.29 is 31.8 Å². The maximum atomic E-state index is 11.3. The Labute approximate surface area is 198 Å². The third-order valence-corrected chi connectivity index (χ3v) is 8.99. The normalized spacial score (nSPS) is 32.5. The van der Waals surface area contributed by atoms with Crippen molar-refractivity contribution in [1.29, 1.82) is 0 Å². The fraction of sp³-hybridized carbons (Fsp3) is 0.800. The number of allylic oxidation sites excluding steroid dienone is 2. The van der Waals surface area contributed by atoms with Crippen LogP contribution >= 0.6 is 0 Å². The van der Waals surface area contributed by atoms with Crippen LogP contribution < -0.4 is 0 Å². The molecular formula is C25H40O7S. The molecule has 0 aromatic carbocycles. The second-order valence-corrected chi connectivity index (χ2v) is 12.2. The minimum Gasteiger partial charge on any atom is -0.429 e. The first kappa shape index (κ1) is 26.4. The molecule has 0 aromatic heterocycles. The number of cyclic esters (lactones) is 1.